The molecule has 2 aliphatic carbocycles. The first-order valence-electron chi connectivity index (χ1n) is 10.0. The number of carbonyl (C=O) groups excluding carboxylic acids is 2. The molecule has 2 N–H and O–H groups in total. The SMILES string of the molecule is N#Cc1c(NC(=O)/C=C/c2cccnc2)sc2c1CCC(OC(=O)NCC1CC1)C2. The van der Waals surface area contributed by atoms with Gasteiger partial charge in [0.2, 0.25) is 5.91 Å². The second-order valence-electron chi connectivity index (χ2n) is 7.52. The number of rotatable bonds is 6. The van der Waals surface area contributed by atoms with Gasteiger partial charge in [-0.2, -0.15) is 5.26 Å². The van der Waals surface area contributed by atoms with Crippen LogP contribution in [0.1, 0.15) is 40.8 Å². The molecule has 0 saturated heterocycles. The fourth-order valence-corrected chi connectivity index (χ4v) is 4.67. The number of pyridine rings is 1. The zero-order valence-corrected chi connectivity index (χ0v) is 17.2. The molecule has 0 aliphatic heterocycles. The highest BCUT2D eigenvalue weighted by Gasteiger charge is 2.29. The van der Waals surface area contributed by atoms with Gasteiger partial charge in [0.1, 0.15) is 17.2 Å². The maximum Gasteiger partial charge on any atom is 0.407 e. The predicted octanol–water partition coefficient (Wildman–Crippen LogP) is 3.66. The average Bonchev–Trinajstić information content (AvgIpc) is 3.52. The molecule has 30 heavy (non-hydrogen) atoms. The van der Waals surface area contributed by atoms with E-state index in [-0.39, 0.29) is 18.1 Å². The average molecular weight is 423 g/mol. The molecular weight excluding hydrogens is 400 g/mol. The molecule has 2 amide bonds. The van der Waals surface area contributed by atoms with Crippen LogP contribution in [0.3, 0.4) is 0 Å². The number of carbonyl (C=O) groups is 2. The van der Waals surface area contributed by atoms with E-state index in [2.05, 4.69) is 21.7 Å². The first-order valence-corrected chi connectivity index (χ1v) is 10.8. The van der Waals surface area contributed by atoms with Gasteiger partial charge in [0, 0.05) is 36.3 Å². The van der Waals surface area contributed by atoms with Gasteiger partial charge in [-0.15, -0.1) is 11.3 Å². The van der Waals surface area contributed by atoms with Crippen molar-refractivity contribution in [3.05, 3.63) is 52.2 Å². The topological polar surface area (TPSA) is 104 Å². The molecule has 2 heterocycles. The Hall–Kier alpha value is -3.18. The van der Waals surface area contributed by atoms with Crippen molar-refractivity contribution < 1.29 is 14.3 Å². The summed E-state index contributed by atoms with van der Waals surface area (Å²) in [4.78, 5) is 29.3. The minimum absolute atomic E-state index is 0.212. The summed E-state index contributed by atoms with van der Waals surface area (Å²) < 4.78 is 5.55. The van der Waals surface area contributed by atoms with Crippen molar-refractivity contribution in [1.82, 2.24) is 10.3 Å². The van der Waals surface area contributed by atoms with E-state index in [0.29, 0.717) is 42.3 Å². The summed E-state index contributed by atoms with van der Waals surface area (Å²) in [5.74, 6) is 0.297. The van der Waals surface area contributed by atoms with Crippen molar-refractivity contribution in [3.8, 4) is 6.07 Å². The van der Waals surface area contributed by atoms with Crippen molar-refractivity contribution in [3.63, 3.8) is 0 Å². The van der Waals surface area contributed by atoms with Gasteiger partial charge in [-0.05, 0) is 54.9 Å². The zero-order chi connectivity index (χ0) is 20.9. The summed E-state index contributed by atoms with van der Waals surface area (Å²) in [5, 5.41) is 15.8. The number of anilines is 1. The number of ether oxygens (including phenoxy) is 1. The van der Waals surface area contributed by atoms with Gasteiger partial charge >= 0.3 is 6.09 Å². The molecule has 0 aromatic carbocycles. The lowest BCUT2D eigenvalue weighted by Crippen LogP contribution is -2.32. The van der Waals surface area contributed by atoms with Gasteiger partial charge in [0.05, 0.1) is 5.56 Å². The Labute approximate surface area is 178 Å². The van der Waals surface area contributed by atoms with Crippen LogP contribution < -0.4 is 10.6 Å². The molecule has 1 unspecified atom stereocenters. The molecule has 154 valence electrons. The van der Waals surface area contributed by atoms with Crippen molar-refractivity contribution in [2.45, 2.75) is 38.2 Å². The Balaban J connectivity index is 1.38. The third kappa shape index (κ3) is 5.05. The Kier molecular flexibility index (Phi) is 6.10. The molecule has 2 aromatic heterocycles. The lowest BCUT2D eigenvalue weighted by molar-refractivity contribution is -0.111. The quantitative estimate of drug-likeness (QED) is 0.692. The van der Waals surface area contributed by atoms with E-state index in [1.165, 1.54) is 30.3 Å². The van der Waals surface area contributed by atoms with Gasteiger partial charge in [-0.3, -0.25) is 9.78 Å². The van der Waals surface area contributed by atoms with Crippen LogP contribution in [-0.4, -0.2) is 29.6 Å². The highest BCUT2D eigenvalue weighted by atomic mass is 32.1. The maximum atomic E-state index is 12.3. The third-order valence-corrected chi connectivity index (χ3v) is 6.36. The molecule has 0 spiro atoms. The summed E-state index contributed by atoms with van der Waals surface area (Å²) in [5.41, 5.74) is 2.28. The van der Waals surface area contributed by atoms with E-state index >= 15 is 0 Å². The molecule has 8 heteroatoms. The van der Waals surface area contributed by atoms with Gasteiger partial charge in [-0.25, -0.2) is 4.79 Å². The number of nitrogens with zero attached hydrogens (tertiary/aromatic N) is 2. The highest BCUT2D eigenvalue weighted by Crippen LogP contribution is 2.38. The number of thiophene rings is 1. The third-order valence-electron chi connectivity index (χ3n) is 5.19. The lowest BCUT2D eigenvalue weighted by Gasteiger charge is -2.22. The number of hydrogen-bond acceptors (Lipinski definition) is 6. The molecule has 7 nitrogen and oxygen atoms in total. The van der Waals surface area contributed by atoms with Crippen LogP contribution in [0.2, 0.25) is 0 Å². The van der Waals surface area contributed by atoms with E-state index in [1.807, 2.05) is 6.07 Å². The van der Waals surface area contributed by atoms with Crippen molar-refractivity contribution >= 4 is 34.4 Å². The van der Waals surface area contributed by atoms with E-state index in [4.69, 9.17) is 4.74 Å². The van der Waals surface area contributed by atoms with Gasteiger partial charge < -0.3 is 15.4 Å². The standard InChI is InChI=1S/C22H22N4O3S/c23-11-18-17-7-6-16(29-22(28)25-13-15-3-4-15)10-19(17)30-21(18)26-20(27)8-5-14-2-1-9-24-12-14/h1-2,5,8-9,12,15-16H,3-4,6-7,10,13H2,(H,25,28)(H,26,27)/b8-5+. The van der Waals surface area contributed by atoms with Crippen LogP contribution in [0.5, 0.6) is 0 Å². The molecule has 4 rings (SSSR count). The van der Waals surface area contributed by atoms with Gasteiger partial charge in [-0.1, -0.05) is 6.07 Å². The largest absolute Gasteiger partial charge is 0.446 e. The smallest absolute Gasteiger partial charge is 0.407 e. The molecule has 1 atom stereocenters. The number of fused-ring (bicyclic) bond motifs is 1. The van der Waals surface area contributed by atoms with E-state index < -0.39 is 0 Å². The van der Waals surface area contributed by atoms with Crippen LogP contribution in [-0.2, 0) is 22.4 Å². The molecule has 1 saturated carbocycles. The fraction of sp³-hybridized carbons (Fsp3) is 0.364. The summed E-state index contributed by atoms with van der Waals surface area (Å²) in [7, 11) is 0. The zero-order valence-electron chi connectivity index (χ0n) is 16.4. The van der Waals surface area contributed by atoms with Crippen molar-refractivity contribution in [2.24, 2.45) is 5.92 Å². The number of aromatic nitrogens is 1. The molecule has 0 bridgehead atoms. The summed E-state index contributed by atoms with van der Waals surface area (Å²) in [6, 6.07) is 5.86. The van der Waals surface area contributed by atoms with Crippen molar-refractivity contribution in [1.29, 1.82) is 5.26 Å². The second kappa shape index (κ2) is 9.09. The Morgan fingerprint density at radius 3 is 2.97 bits per heavy atom. The van der Waals surface area contributed by atoms with E-state index in [0.717, 1.165) is 16.0 Å². The Morgan fingerprint density at radius 1 is 1.37 bits per heavy atom. The molecule has 1 fully saturated rings. The first kappa shape index (κ1) is 20.1. The Bertz CT molecular complexity index is 1010. The highest BCUT2D eigenvalue weighted by molar-refractivity contribution is 7.16. The molecule has 2 aliphatic rings. The second-order valence-corrected chi connectivity index (χ2v) is 8.63. The number of alkyl carbamates (subject to hydrolysis) is 1. The van der Waals surface area contributed by atoms with E-state index in [9.17, 15) is 14.9 Å². The minimum atomic E-state index is -0.374. The van der Waals surface area contributed by atoms with Gasteiger partial charge in [0.25, 0.3) is 0 Å². The van der Waals surface area contributed by atoms with Crippen LogP contribution in [0.4, 0.5) is 9.80 Å². The number of nitriles is 1. The van der Waals surface area contributed by atoms with Crippen LogP contribution in [0.15, 0.2) is 30.6 Å². The monoisotopic (exact) mass is 422 g/mol. The summed E-state index contributed by atoms with van der Waals surface area (Å²) >= 11 is 1.38. The fourth-order valence-electron chi connectivity index (χ4n) is 3.41. The summed E-state index contributed by atoms with van der Waals surface area (Å²) in [6.45, 7) is 0.678. The van der Waals surface area contributed by atoms with E-state index in [1.54, 1.807) is 24.5 Å². The predicted molar refractivity (Wildman–Crippen MR) is 114 cm³/mol. The van der Waals surface area contributed by atoms with Crippen molar-refractivity contribution in [2.75, 3.05) is 11.9 Å². The van der Waals surface area contributed by atoms with Gasteiger partial charge in [0.15, 0.2) is 0 Å². The number of nitrogens with one attached hydrogen (secondary N) is 2. The van der Waals surface area contributed by atoms with Crippen LogP contribution in [0.25, 0.3) is 6.08 Å². The maximum absolute atomic E-state index is 12.3. The Morgan fingerprint density at radius 2 is 2.23 bits per heavy atom. The van der Waals surface area contributed by atoms with Crippen LogP contribution >= 0.6 is 11.3 Å². The minimum Gasteiger partial charge on any atom is -0.446 e. The summed E-state index contributed by atoms with van der Waals surface area (Å²) in [6.07, 6.45) is 10.1. The number of hydrogen-bond donors (Lipinski definition) is 2. The number of amides is 2. The van der Waals surface area contributed by atoms with Crippen LogP contribution in [0, 0.1) is 17.2 Å². The molecular formula is C22H22N4O3S. The first-order chi connectivity index (χ1) is 14.6. The molecule has 0 radical (unpaired) electrons. The molecule has 2 aromatic rings. The normalized spacial score (nSPS) is 17.8. The lowest BCUT2D eigenvalue weighted by atomic mass is 9.94.